The Morgan fingerprint density at radius 3 is 2.00 bits per heavy atom. The first-order chi connectivity index (χ1) is 4.70. The van der Waals surface area contributed by atoms with Crippen molar-refractivity contribution in [1.82, 2.24) is 4.90 Å². The molecule has 0 unspecified atom stereocenters. The Balaban J connectivity index is -0.0000000675. The zero-order valence-corrected chi connectivity index (χ0v) is 6.46. The zero-order valence-electron chi connectivity index (χ0n) is 6.46. The maximum absolute atomic E-state index is 10.6. The van der Waals surface area contributed by atoms with Crippen molar-refractivity contribution in [3.05, 3.63) is 0 Å². The Kier molecular flexibility index (Phi) is 38.0. The molecule has 0 fully saturated rings. The first-order valence-corrected chi connectivity index (χ1v) is 3.16. The van der Waals surface area contributed by atoms with Crippen molar-refractivity contribution in [3.63, 3.8) is 0 Å². The molecule has 0 aromatic heterocycles. The van der Waals surface area contributed by atoms with Gasteiger partial charge in [0, 0.05) is 13.1 Å². The van der Waals surface area contributed by atoms with Crippen LogP contribution in [0.1, 0.15) is 29.7 Å². The van der Waals surface area contributed by atoms with Gasteiger partial charge in [0.1, 0.15) is 0 Å². The van der Waals surface area contributed by atoms with Crippen LogP contribution in [0.15, 0.2) is 0 Å². The van der Waals surface area contributed by atoms with E-state index in [1.807, 2.05) is 11.9 Å². The Morgan fingerprint density at radius 2 is 1.71 bits per heavy atom. The Bertz CT molecular complexity index is 108. The van der Waals surface area contributed by atoms with Gasteiger partial charge in [-0.2, -0.15) is 0 Å². The summed E-state index contributed by atoms with van der Waals surface area (Å²) in [4.78, 5) is 12.4. The Labute approximate surface area is 90.4 Å². The Hall–Kier alpha value is -0.610. The van der Waals surface area contributed by atoms with Crippen LogP contribution >= 0.6 is 0 Å². The molecule has 0 aromatic rings. The molecule has 0 aliphatic carbocycles. The van der Waals surface area contributed by atoms with E-state index in [1.165, 1.54) is 7.11 Å². The second kappa shape index (κ2) is 18.2. The molecule has 0 spiro atoms. The van der Waals surface area contributed by atoms with Gasteiger partial charge in [-0.3, -0.25) is 9.69 Å². The van der Waals surface area contributed by atoms with Crippen molar-refractivity contribution in [2.24, 2.45) is 5.73 Å². The minimum atomic E-state index is -0.226. The molecule has 14 heavy (non-hydrogen) atoms. The molecule has 0 aliphatic rings. The number of rotatable bonds is 4. The van der Waals surface area contributed by atoms with E-state index in [2.05, 4.69) is 4.74 Å². The average Bonchev–Trinajstić information content (AvgIpc) is 1.88. The topological polar surface area (TPSA) is 55.6 Å². The van der Waals surface area contributed by atoms with Gasteiger partial charge in [0.2, 0.25) is 0 Å². The highest BCUT2D eigenvalue weighted by Gasteiger charge is 2.03. The minimum Gasteiger partial charge on any atom is -0.468 e. The third-order valence-electron chi connectivity index (χ3n) is 1.14. The quantitative estimate of drug-likeness (QED) is 0.716. The molecule has 4 nitrogen and oxygen atoms in total. The molecule has 0 heterocycles. The number of nitrogens with zero attached hydrogens (tertiary/aromatic N) is 1. The molecule has 0 aromatic carbocycles. The van der Waals surface area contributed by atoms with Crippen LogP contribution in [0.25, 0.3) is 0 Å². The number of carbonyl (C=O) groups excluding carboxylic acids is 1. The fraction of sp³-hybridized carbons (Fsp3) is 0.900. The highest BCUT2D eigenvalue weighted by Crippen LogP contribution is 1.81. The largest absolute Gasteiger partial charge is 0.468 e. The fourth-order valence-electron chi connectivity index (χ4n) is 0.584. The predicted octanol–water partition coefficient (Wildman–Crippen LogP) is 1.59. The molecule has 0 atom stereocenters. The number of carbonyl (C=O) groups is 1. The maximum atomic E-state index is 10.6. The van der Waals surface area contributed by atoms with Crippen LogP contribution in [0.5, 0.6) is 0 Å². The molecule has 0 bridgehead atoms. The molecule has 2 N–H and O–H groups in total. The van der Waals surface area contributed by atoms with E-state index in [0.29, 0.717) is 13.1 Å². The van der Waals surface area contributed by atoms with Crippen LogP contribution in [-0.4, -0.2) is 44.7 Å². The lowest BCUT2D eigenvalue weighted by molar-refractivity contribution is -0.141. The van der Waals surface area contributed by atoms with E-state index in [0.717, 1.165) is 6.54 Å². The monoisotopic (exact) mass is 210 g/mol. The highest BCUT2D eigenvalue weighted by atomic mass is 16.5. The Morgan fingerprint density at radius 1 is 1.29 bits per heavy atom. The van der Waals surface area contributed by atoms with Crippen LogP contribution in [-0.2, 0) is 9.53 Å². The van der Waals surface area contributed by atoms with Gasteiger partial charge in [0.15, 0.2) is 0 Å². The number of esters is 1. The lowest BCUT2D eigenvalue weighted by Crippen LogP contribution is -2.31. The molecular formula is C10H30N2O2. The highest BCUT2D eigenvalue weighted by molar-refractivity contribution is 5.71. The summed E-state index contributed by atoms with van der Waals surface area (Å²) in [6, 6.07) is 0. The van der Waals surface area contributed by atoms with Crippen molar-refractivity contribution in [1.29, 1.82) is 0 Å². The second-order valence-electron chi connectivity index (χ2n) is 2.10. The van der Waals surface area contributed by atoms with Gasteiger partial charge in [-0.25, -0.2) is 0 Å². The van der Waals surface area contributed by atoms with Crippen molar-refractivity contribution in [2.45, 2.75) is 29.7 Å². The number of likely N-dealkylation sites (N-methyl/N-ethyl adjacent to an activating group) is 1. The van der Waals surface area contributed by atoms with E-state index in [4.69, 9.17) is 5.73 Å². The molecule has 4 heteroatoms. The number of nitrogens with two attached hydrogens (primary N) is 1. The number of hydrogen-bond donors (Lipinski definition) is 1. The summed E-state index contributed by atoms with van der Waals surface area (Å²) in [6.45, 7) is 1.59. The molecular weight excluding hydrogens is 180 g/mol. The third-order valence-corrected chi connectivity index (χ3v) is 1.14. The smallest absolute Gasteiger partial charge is 0.319 e. The summed E-state index contributed by atoms with van der Waals surface area (Å²) in [5.41, 5.74) is 5.25. The molecule has 0 aliphatic heterocycles. The van der Waals surface area contributed by atoms with Gasteiger partial charge in [-0.1, -0.05) is 29.7 Å². The van der Waals surface area contributed by atoms with Gasteiger partial charge in [-0.15, -0.1) is 0 Å². The van der Waals surface area contributed by atoms with E-state index >= 15 is 0 Å². The van der Waals surface area contributed by atoms with Gasteiger partial charge >= 0.3 is 5.97 Å². The first-order valence-electron chi connectivity index (χ1n) is 3.16. The summed E-state index contributed by atoms with van der Waals surface area (Å²) in [5, 5.41) is 0. The number of methoxy groups -OCH3 is 1. The van der Waals surface area contributed by atoms with Crippen LogP contribution < -0.4 is 5.73 Å². The standard InChI is InChI=1S/C6H14N2O2.4CH4/c1-8(4-3-7)5-6(9)10-2;;;;/h3-5,7H2,1-2H3;4*1H4. The molecule has 0 saturated heterocycles. The predicted molar refractivity (Wildman–Crippen MR) is 65.5 cm³/mol. The van der Waals surface area contributed by atoms with Crippen molar-refractivity contribution < 1.29 is 9.53 Å². The van der Waals surface area contributed by atoms with E-state index in [1.54, 1.807) is 0 Å². The molecule has 92 valence electrons. The van der Waals surface area contributed by atoms with E-state index in [9.17, 15) is 4.79 Å². The fourth-order valence-corrected chi connectivity index (χ4v) is 0.584. The first kappa shape index (κ1) is 29.2. The summed E-state index contributed by atoms with van der Waals surface area (Å²) < 4.78 is 4.45. The number of hydrogen-bond acceptors (Lipinski definition) is 4. The van der Waals surface area contributed by atoms with Gasteiger partial charge < -0.3 is 10.5 Å². The van der Waals surface area contributed by atoms with Crippen LogP contribution in [0.4, 0.5) is 0 Å². The maximum Gasteiger partial charge on any atom is 0.319 e. The average molecular weight is 210 g/mol. The third kappa shape index (κ3) is 17.5. The minimum absolute atomic E-state index is 0. The van der Waals surface area contributed by atoms with Crippen molar-refractivity contribution in [2.75, 3.05) is 33.8 Å². The SMILES string of the molecule is C.C.C.C.COC(=O)CN(C)CCN. The summed E-state index contributed by atoms with van der Waals surface area (Å²) in [5.74, 6) is -0.226. The van der Waals surface area contributed by atoms with E-state index in [-0.39, 0.29) is 35.7 Å². The molecule has 0 radical (unpaired) electrons. The van der Waals surface area contributed by atoms with Gasteiger partial charge in [0.05, 0.1) is 13.7 Å². The summed E-state index contributed by atoms with van der Waals surface area (Å²) in [7, 11) is 3.20. The summed E-state index contributed by atoms with van der Waals surface area (Å²) >= 11 is 0. The van der Waals surface area contributed by atoms with Gasteiger partial charge in [-0.05, 0) is 7.05 Å². The van der Waals surface area contributed by atoms with Crippen molar-refractivity contribution >= 4 is 5.97 Å². The van der Waals surface area contributed by atoms with Crippen LogP contribution in [0.2, 0.25) is 0 Å². The normalized spacial score (nSPS) is 7.14. The van der Waals surface area contributed by atoms with Gasteiger partial charge in [0.25, 0.3) is 0 Å². The molecule has 0 saturated carbocycles. The lowest BCUT2D eigenvalue weighted by Gasteiger charge is -2.12. The molecule has 0 amide bonds. The van der Waals surface area contributed by atoms with Crippen molar-refractivity contribution in [3.8, 4) is 0 Å². The van der Waals surface area contributed by atoms with Crippen LogP contribution in [0, 0.1) is 0 Å². The molecule has 0 rings (SSSR count). The number of ether oxygens (including phenoxy) is 1. The second-order valence-corrected chi connectivity index (χ2v) is 2.10. The van der Waals surface area contributed by atoms with E-state index < -0.39 is 0 Å². The van der Waals surface area contributed by atoms with Crippen LogP contribution in [0.3, 0.4) is 0 Å². The summed E-state index contributed by atoms with van der Waals surface area (Å²) in [6.07, 6.45) is 0. The zero-order chi connectivity index (χ0) is 7.98. The lowest BCUT2D eigenvalue weighted by atomic mass is 10.5.